The second-order valence-corrected chi connectivity index (χ2v) is 10.4. The van der Waals surface area contributed by atoms with E-state index in [2.05, 4.69) is 34.7 Å². The van der Waals surface area contributed by atoms with Gasteiger partial charge >= 0.3 is 5.97 Å². The molecule has 1 aromatic carbocycles. The smallest absolute Gasteiger partial charge is 0.306 e. The zero-order chi connectivity index (χ0) is 24.9. The summed E-state index contributed by atoms with van der Waals surface area (Å²) in [5.41, 5.74) is 5.08. The summed E-state index contributed by atoms with van der Waals surface area (Å²) in [5.74, 6) is -0.193. The first-order chi connectivity index (χ1) is 17.1. The number of esters is 1. The van der Waals surface area contributed by atoms with Gasteiger partial charge in [-0.2, -0.15) is 0 Å². The molecule has 1 amide bonds. The Morgan fingerprint density at radius 3 is 2.40 bits per heavy atom. The average molecular weight is 500 g/mol. The van der Waals surface area contributed by atoms with Crippen molar-refractivity contribution in [2.75, 3.05) is 6.54 Å². The number of nitrogens with zero attached hydrogens (tertiary/aromatic N) is 1. The van der Waals surface area contributed by atoms with E-state index in [1.807, 2.05) is 24.6 Å². The summed E-state index contributed by atoms with van der Waals surface area (Å²) in [7, 11) is 0. The van der Waals surface area contributed by atoms with Crippen molar-refractivity contribution < 1.29 is 14.3 Å². The molecule has 2 heterocycles. The Kier molecular flexibility index (Phi) is 11.7. The van der Waals surface area contributed by atoms with E-state index in [4.69, 9.17) is 4.74 Å². The molecule has 0 bridgehead atoms. The van der Waals surface area contributed by atoms with E-state index in [0.717, 1.165) is 29.7 Å². The van der Waals surface area contributed by atoms with Crippen molar-refractivity contribution in [2.45, 2.75) is 103 Å². The van der Waals surface area contributed by atoms with Crippen LogP contribution in [0.3, 0.4) is 0 Å². The summed E-state index contributed by atoms with van der Waals surface area (Å²) in [6.45, 7) is 5.26. The van der Waals surface area contributed by atoms with Crippen LogP contribution < -0.4 is 10.6 Å². The fourth-order valence-corrected chi connectivity index (χ4v) is 5.29. The van der Waals surface area contributed by atoms with Gasteiger partial charge in [-0.1, -0.05) is 82.6 Å². The maximum Gasteiger partial charge on any atom is 0.306 e. The van der Waals surface area contributed by atoms with E-state index >= 15 is 0 Å². The fraction of sp³-hybridized carbons (Fsp3) is 0.607. The number of aromatic nitrogens is 1. The van der Waals surface area contributed by atoms with Gasteiger partial charge < -0.3 is 15.4 Å². The van der Waals surface area contributed by atoms with Crippen molar-refractivity contribution >= 4 is 23.2 Å². The van der Waals surface area contributed by atoms with Crippen molar-refractivity contribution in [3.63, 3.8) is 0 Å². The number of hydrogen-bond donors (Lipinski definition) is 2. The molecule has 6 nitrogen and oxygen atoms in total. The summed E-state index contributed by atoms with van der Waals surface area (Å²) in [4.78, 5) is 30.2. The zero-order valence-electron chi connectivity index (χ0n) is 21.3. The lowest BCUT2D eigenvalue weighted by atomic mass is 10.1. The molecule has 2 unspecified atom stereocenters. The van der Waals surface area contributed by atoms with Crippen LogP contribution in [0.2, 0.25) is 0 Å². The van der Waals surface area contributed by atoms with Crippen molar-refractivity contribution in [3.05, 3.63) is 41.0 Å². The predicted molar refractivity (Wildman–Crippen MR) is 142 cm³/mol. The zero-order valence-corrected chi connectivity index (χ0v) is 22.1. The molecule has 192 valence electrons. The normalized spacial score (nSPS) is 17.4. The molecule has 3 rings (SSSR count). The highest BCUT2D eigenvalue weighted by atomic mass is 32.1. The number of carbonyl (C=O) groups excluding carboxylic acids is 2. The molecule has 0 aliphatic carbocycles. The van der Waals surface area contributed by atoms with Gasteiger partial charge in [0.2, 0.25) is 5.91 Å². The van der Waals surface area contributed by atoms with E-state index < -0.39 is 0 Å². The fourth-order valence-electron chi connectivity index (χ4n) is 4.48. The van der Waals surface area contributed by atoms with Gasteiger partial charge in [0.1, 0.15) is 6.10 Å². The SMILES string of the molecule is CCCCCCCCCCCC(=O)OC1CNC(C(=O)NCc2ccc(-c3scnc3C)cc2)C1. The number of carbonyl (C=O) groups is 2. The highest BCUT2D eigenvalue weighted by molar-refractivity contribution is 7.13. The summed E-state index contributed by atoms with van der Waals surface area (Å²) >= 11 is 1.63. The molecule has 2 aromatic rings. The van der Waals surface area contributed by atoms with Crippen LogP contribution in [0.4, 0.5) is 0 Å². The van der Waals surface area contributed by atoms with E-state index in [1.165, 1.54) is 49.8 Å². The van der Waals surface area contributed by atoms with Gasteiger partial charge in [-0.05, 0) is 24.5 Å². The largest absolute Gasteiger partial charge is 0.461 e. The minimum Gasteiger partial charge on any atom is -0.461 e. The third-order valence-electron chi connectivity index (χ3n) is 6.62. The molecule has 1 fully saturated rings. The Bertz CT molecular complexity index is 912. The van der Waals surface area contributed by atoms with Gasteiger partial charge in [-0.3, -0.25) is 9.59 Å². The maximum absolute atomic E-state index is 12.6. The van der Waals surface area contributed by atoms with Gasteiger partial charge in [0.15, 0.2) is 0 Å². The first kappa shape index (κ1) is 27.3. The van der Waals surface area contributed by atoms with E-state index in [9.17, 15) is 9.59 Å². The maximum atomic E-state index is 12.6. The monoisotopic (exact) mass is 499 g/mol. The van der Waals surface area contributed by atoms with E-state index in [0.29, 0.717) is 25.9 Å². The van der Waals surface area contributed by atoms with E-state index in [-0.39, 0.29) is 24.0 Å². The van der Waals surface area contributed by atoms with Gasteiger partial charge in [-0.25, -0.2) is 4.98 Å². The average Bonchev–Trinajstić information content (AvgIpc) is 3.51. The molecule has 1 aromatic heterocycles. The number of thiazole rings is 1. The predicted octanol–water partition coefficient (Wildman–Crippen LogP) is 5.93. The molecule has 0 saturated carbocycles. The van der Waals surface area contributed by atoms with Crippen molar-refractivity contribution in [1.82, 2.24) is 15.6 Å². The molecule has 7 heteroatoms. The van der Waals surface area contributed by atoms with Gasteiger partial charge in [0, 0.05) is 25.9 Å². The molecule has 0 spiro atoms. The molecule has 0 radical (unpaired) electrons. The quantitative estimate of drug-likeness (QED) is 0.234. The van der Waals surface area contributed by atoms with Crippen LogP contribution >= 0.6 is 11.3 Å². The molecule has 1 aliphatic rings. The number of unbranched alkanes of at least 4 members (excludes halogenated alkanes) is 8. The van der Waals surface area contributed by atoms with E-state index in [1.54, 1.807) is 11.3 Å². The van der Waals surface area contributed by atoms with Crippen LogP contribution in [0.1, 0.15) is 88.8 Å². The molecule has 1 aliphatic heterocycles. The Hall–Kier alpha value is -2.25. The van der Waals surface area contributed by atoms with Gasteiger partial charge in [0.25, 0.3) is 0 Å². The molecule has 2 atom stereocenters. The lowest BCUT2D eigenvalue weighted by Gasteiger charge is -2.13. The molecule has 35 heavy (non-hydrogen) atoms. The number of rotatable bonds is 15. The van der Waals surface area contributed by atoms with Gasteiger partial charge in [-0.15, -0.1) is 11.3 Å². The summed E-state index contributed by atoms with van der Waals surface area (Å²) in [6.07, 6.45) is 11.8. The van der Waals surface area contributed by atoms with Crippen LogP contribution in [0, 0.1) is 6.92 Å². The van der Waals surface area contributed by atoms with Crippen LogP contribution in [-0.2, 0) is 20.9 Å². The second kappa shape index (κ2) is 15.0. The Morgan fingerprint density at radius 2 is 1.74 bits per heavy atom. The summed E-state index contributed by atoms with van der Waals surface area (Å²) < 4.78 is 5.60. The number of nitrogens with one attached hydrogen (secondary N) is 2. The molecular formula is C28H41N3O3S. The first-order valence-corrected chi connectivity index (χ1v) is 14.1. The third-order valence-corrected chi connectivity index (χ3v) is 7.60. The molecule has 1 saturated heterocycles. The molecular weight excluding hydrogens is 458 g/mol. The Balaban J connectivity index is 1.27. The number of amides is 1. The Labute approximate surface area is 214 Å². The standard InChI is InChI=1S/C28H41N3O3S/c1-3-4-5-6-7-8-9-10-11-12-26(32)34-24-17-25(29-19-24)28(33)30-18-22-13-15-23(16-14-22)27-21(2)31-20-35-27/h13-16,20,24-25,29H,3-12,17-19H2,1-2H3,(H,30,33). The molecule has 2 N–H and O–H groups in total. The highest BCUT2D eigenvalue weighted by Gasteiger charge is 2.31. The lowest BCUT2D eigenvalue weighted by Crippen LogP contribution is -2.39. The van der Waals surface area contributed by atoms with Crippen LogP contribution in [0.15, 0.2) is 29.8 Å². The highest BCUT2D eigenvalue weighted by Crippen LogP contribution is 2.27. The minimum absolute atomic E-state index is 0.0511. The van der Waals surface area contributed by atoms with Crippen molar-refractivity contribution in [1.29, 1.82) is 0 Å². The number of aryl methyl sites for hydroxylation is 1. The number of hydrogen-bond acceptors (Lipinski definition) is 6. The summed E-state index contributed by atoms with van der Waals surface area (Å²) in [6, 6.07) is 7.89. The van der Waals surface area contributed by atoms with Crippen LogP contribution in [0.25, 0.3) is 10.4 Å². The number of benzene rings is 1. The first-order valence-electron chi connectivity index (χ1n) is 13.3. The van der Waals surface area contributed by atoms with Crippen LogP contribution in [0.5, 0.6) is 0 Å². The lowest BCUT2D eigenvalue weighted by molar-refractivity contribution is -0.148. The van der Waals surface area contributed by atoms with Gasteiger partial charge in [0.05, 0.1) is 22.1 Å². The third kappa shape index (κ3) is 9.37. The minimum atomic E-state index is -0.320. The second-order valence-electron chi connectivity index (χ2n) is 9.57. The van der Waals surface area contributed by atoms with Crippen LogP contribution in [-0.4, -0.2) is 35.6 Å². The summed E-state index contributed by atoms with van der Waals surface area (Å²) in [5, 5.41) is 6.19. The number of ether oxygens (including phenoxy) is 1. The van der Waals surface area contributed by atoms with Crippen molar-refractivity contribution in [2.24, 2.45) is 0 Å². The topological polar surface area (TPSA) is 80.3 Å². The van der Waals surface area contributed by atoms with Crippen molar-refractivity contribution in [3.8, 4) is 10.4 Å². The Morgan fingerprint density at radius 1 is 1.06 bits per heavy atom.